The lowest BCUT2D eigenvalue weighted by atomic mass is 9.72. The molecule has 1 fully saturated rings. The molecule has 0 spiro atoms. The van der Waals surface area contributed by atoms with E-state index in [1.165, 1.54) is 14.0 Å². The number of carbonyl (C=O) groups is 2. The van der Waals surface area contributed by atoms with Crippen molar-refractivity contribution < 1.29 is 24.2 Å². The molecule has 3 aromatic rings. The third-order valence-electron chi connectivity index (χ3n) is 8.55. The number of rotatable bonds is 11. The molecule has 0 aromatic heterocycles. The molecule has 0 radical (unpaired) electrons. The van der Waals surface area contributed by atoms with Crippen molar-refractivity contribution in [1.29, 1.82) is 0 Å². The summed E-state index contributed by atoms with van der Waals surface area (Å²) in [4.78, 5) is 26.5. The molecule has 1 saturated heterocycles. The first-order valence-electron chi connectivity index (χ1n) is 14.6. The molecule has 0 aliphatic carbocycles. The number of hydrogen-bond donors (Lipinski definition) is 1. The summed E-state index contributed by atoms with van der Waals surface area (Å²) in [5.74, 6) is -0.488. The number of methoxy groups -OCH3 is 1. The number of esters is 2. The second kappa shape index (κ2) is 13.5. The average Bonchev–Trinajstić information content (AvgIpc) is 3.00. The van der Waals surface area contributed by atoms with Gasteiger partial charge in [0.05, 0.1) is 12.5 Å². The van der Waals surface area contributed by atoms with Crippen LogP contribution in [0.1, 0.15) is 74.8 Å². The smallest absolute Gasteiger partial charge is 0.315 e. The van der Waals surface area contributed by atoms with Crippen LogP contribution in [0.25, 0.3) is 0 Å². The molecule has 1 atom stereocenters. The van der Waals surface area contributed by atoms with Gasteiger partial charge >= 0.3 is 11.9 Å². The molecule has 0 bridgehead atoms. The van der Waals surface area contributed by atoms with Gasteiger partial charge in [0.15, 0.2) is 0 Å². The van der Waals surface area contributed by atoms with Gasteiger partial charge < -0.3 is 19.5 Å². The molecule has 0 saturated carbocycles. The normalized spacial score (nSPS) is 15.7. The lowest BCUT2D eigenvalue weighted by molar-refractivity contribution is -0.147. The predicted molar refractivity (Wildman–Crippen MR) is 160 cm³/mol. The van der Waals surface area contributed by atoms with Gasteiger partial charge in [-0.1, -0.05) is 84.9 Å². The van der Waals surface area contributed by atoms with E-state index in [1.54, 1.807) is 0 Å². The van der Waals surface area contributed by atoms with E-state index in [9.17, 15) is 14.7 Å². The van der Waals surface area contributed by atoms with Crippen molar-refractivity contribution in [3.05, 3.63) is 107 Å². The second-order valence-electron chi connectivity index (χ2n) is 11.6. The van der Waals surface area contributed by atoms with Gasteiger partial charge in [0, 0.05) is 6.92 Å². The summed E-state index contributed by atoms with van der Waals surface area (Å²) >= 11 is 0. The summed E-state index contributed by atoms with van der Waals surface area (Å²) in [6.07, 6.45) is 3.02. The standard InChI is InChI=1S/C35H43NO5/c1-26(37)41-32(27-17-19-28(20-18-27)34(2,3)33(38)40-4)16-11-23-36-24-21-31(22-25-36)35(39,29-12-7-5-8-13-29)30-14-9-6-10-15-30/h5-10,12-15,17-20,31-32,39H,11,16,21-25H2,1-4H3. The Labute approximate surface area is 244 Å². The third kappa shape index (κ3) is 7.06. The Bertz CT molecular complexity index is 1230. The summed E-state index contributed by atoms with van der Waals surface area (Å²) < 4.78 is 10.7. The zero-order valence-corrected chi connectivity index (χ0v) is 24.7. The van der Waals surface area contributed by atoms with E-state index in [0.29, 0.717) is 6.42 Å². The van der Waals surface area contributed by atoms with E-state index in [0.717, 1.165) is 61.2 Å². The first kappa shape index (κ1) is 30.5. The van der Waals surface area contributed by atoms with Crippen LogP contribution in [0.4, 0.5) is 0 Å². The molecule has 1 unspecified atom stereocenters. The van der Waals surface area contributed by atoms with E-state index < -0.39 is 11.0 Å². The molecule has 41 heavy (non-hydrogen) atoms. The minimum atomic E-state index is -1.02. The van der Waals surface area contributed by atoms with Crippen LogP contribution >= 0.6 is 0 Å². The number of aliphatic hydroxyl groups is 1. The van der Waals surface area contributed by atoms with E-state index >= 15 is 0 Å². The molecule has 3 aromatic carbocycles. The highest BCUT2D eigenvalue weighted by molar-refractivity contribution is 5.82. The topological polar surface area (TPSA) is 76.1 Å². The molecule has 6 heteroatoms. The van der Waals surface area contributed by atoms with Gasteiger partial charge in [0.25, 0.3) is 0 Å². The SMILES string of the molecule is COC(=O)C(C)(C)c1ccc(C(CCCN2CCC(C(O)(c3ccccc3)c3ccccc3)CC2)OC(C)=O)cc1. The molecule has 0 amide bonds. The van der Waals surface area contributed by atoms with E-state index in [1.807, 2.05) is 98.8 Å². The van der Waals surface area contributed by atoms with Gasteiger partial charge in [0.1, 0.15) is 11.7 Å². The highest BCUT2D eigenvalue weighted by Crippen LogP contribution is 2.42. The van der Waals surface area contributed by atoms with E-state index in [-0.39, 0.29) is 24.0 Å². The zero-order chi connectivity index (χ0) is 29.5. The van der Waals surface area contributed by atoms with Gasteiger partial charge in [-0.3, -0.25) is 9.59 Å². The van der Waals surface area contributed by atoms with Crippen molar-refractivity contribution in [2.75, 3.05) is 26.7 Å². The van der Waals surface area contributed by atoms with Crippen LogP contribution in [0.15, 0.2) is 84.9 Å². The Hall–Kier alpha value is -3.48. The fourth-order valence-corrected chi connectivity index (χ4v) is 6.08. The van der Waals surface area contributed by atoms with E-state index in [2.05, 4.69) is 4.90 Å². The Morgan fingerprint density at radius 2 is 1.41 bits per heavy atom. The number of piperidine rings is 1. The predicted octanol–water partition coefficient (Wildman–Crippen LogP) is 6.17. The highest BCUT2D eigenvalue weighted by Gasteiger charge is 2.41. The number of ether oxygens (including phenoxy) is 2. The van der Waals surface area contributed by atoms with Gasteiger partial charge in [-0.15, -0.1) is 0 Å². The highest BCUT2D eigenvalue weighted by atomic mass is 16.5. The van der Waals surface area contributed by atoms with Crippen molar-refractivity contribution in [2.45, 2.75) is 63.6 Å². The summed E-state index contributed by atoms with van der Waals surface area (Å²) in [5.41, 5.74) is 1.86. The molecular weight excluding hydrogens is 514 g/mol. The maximum atomic E-state index is 12.2. The van der Waals surface area contributed by atoms with Crippen molar-refractivity contribution in [3.8, 4) is 0 Å². The minimum absolute atomic E-state index is 0.116. The zero-order valence-electron chi connectivity index (χ0n) is 24.7. The van der Waals surface area contributed by atoms with Crippen LogP contribution in [0, 0.1) is 5.92 Å². The van der Waals surface area contributed by atoms with Crippen LogP contribution in [-0.2, 0) is 30.1 Å². The molecule has 1 aliphatic rings. The van der Waals surface area contributed by atoms with E-state index in [4.69, 9.17) is 9.47 Å². The Morgan fingerprint density at radius 3 is 1.90 bits per heavy atom. The van der Waals surface area contributed by atoms with Crippen molar-refractivity contribution in [2.24, 2.45) is 5.92 Å². The molecular formula is C35H43NO5. The molecule has 1 heterocycles. The average molecular weight is 558 g/mol. The van der Waals surface area contributed by atoms with Crippen LogP contribution in [-0.4, -0.2) is 48.7 Å². The van der Waals surface area contributed by atoms with Crippen molar-refractivity contribution >= 4 is 11.9 Å². The number of benzene rings is 3. The second-order valence-corrected chi connectivity index (χ2v) is 11.6. The van der Waals surface area contributed by atoms with Crippen LogP contribution in [0.3, 0.4) is 0 Å². The summed E-state index contributed by atoms with van der Waals surface area (Å²) in [6.45, 7) is 7.81. The maximum Gasteiger partial charge on any atom is 0.315 e. The first-order chi connectivity index (χ1) is 19.7. The Morgan fingerprint density at radius 1 is 0.878 bits per heavy atom. The summed E-state index contributed by atoms with van der Waals surface area (Å²) in [5, 5.41) is 12.1. The molecule has 1 aliphatic heterocycles. The summed E-state index contributed by atoms with van der Waals surface area (Å²) in [6, 6.07) is 27.7. The molecule has 218 valence electrons. The largest absolute Gasteiger partial charge is 0.468 e. The first-order valence-corrected chi connectivity index (χ1v) is 14.6. The van der Waals surface area contributed by atoms with Gasteiger partial charge in [-0.05, 0) is 87.3 Å². The lowest BCUT2D eigenvalue weighted by Crippen LogP contribution is -2.44. The molecule has 1 N–H and O–H groups in total. The molecule has 4 rings (SSSR count). The van der Waals surface area contributed by atoms with Gasteiger partial charge in [0.2, 0.25) is 0 Å². The third-order valence-corrected chi connectivity index (χ3v) is 8.55. The maximum absolute atomic E-state index is 12.2. The minimum Gasteiger partial charge on any atom is -0.468 e. The van der Waals surface area contributed by atoms with Crippen LogP contribution < -0.4 is 0 Å². The van der Waals surface area contributed by atoms with Gasteiger partial charge in [-0.2, -0.15) is 0 Å². The van der Waals surface area contributed by atoms with Gasteiger partial charge in [-0.25, -0.2) is 0 Å². The lowest BCUT2D eigenvalue weighted by Gasteiger charge is -2.42. The van der Waals surface area contributed by atoms with Crippen LogP contribution in [0.2, 0.25) is 0 Å². The number of hydrogen-bond acceptors (Lipinski definition) is 6. The molecule has 6 nitrogen and oxygen atoms in total. The van der Waals surface area contributed by atoms with Crippen LogP contribution in [0.5, 0.6) is 0 Å². The van der Waals surface area contributed by atoms with Crippen molar-refractivity contribution in [3.63, 3.8) is 0 Å². The fourth-order valence-electron chi connectivity index (χ4n) is 6.08. The monoisotopic (exact) mass is 557 g/mol. The fraction of sp³-hybridized carbons (Fsp3) is 0.429. The quantitative estimate of drug-likeness (QED) is 0.284. The Kier molecular flexibility index (Phi) is 10.0. The Balaban J connectivity index is 1.37. The summed E-state index contributed by atoms with van der Waals surface area (Å²) in [7, 11) is 1.39. The number of carbonyl (C=O) groups excluding carboxylic acids is 2. The number of nitrogens with zero attached hydrogens (tertiary/aromatic N) is 1. The number of likely N-dealkylation sites (tertiary alicyclic amines) is 1. The van der Waals surface area contributed by atoms with Crippen molar-refractivity contribution in [1.82, 2.24) is 4.90 Å².